The van der Waals surface area contributed by atoms with Crippen LogP contribution in [0.2, 0.25) is 0 Å². The molecule has 1 amide bonds. The van der Waals surface area contributed by atoms with Crippen LogP contribution < -0.4 is 0 Å². The average Bonchev–Trinajstić information content (AvgIpc) is 3.08. The van der Waals surface area contributed by atoms with Gasteiger partial charge in [-0.25, -0.2) is 0 Å². The van der Waals surface area contributed by atoms with Gasteiger partial charge in [0.05, 0.1) is 53.7 Å². The van der Waals surface area contributed by atoms with E-state index < -0.39 is 120 Å². The fourth-order valence-corrected chi connectivity index (χ4v) is 8.38. The van der Waals surface area contributed by atoms with Gasteiger partial charge in [-0.1, -0.05) is 27.7 Å². The van der Waals surface area contributed by atoms with Gasteiger partial charge >= 0.3 is 5.97 Å². The summed E-state index contributed by atoms with van der Waals surface area (Å²) >= 11 is 0. The lowest BCUT2D eigenvalue weighted by Gasteiger charge is -2.49. The van der Waals surface area contributed by atoms with E-state index in [9.17, 15) is 39.9 Å². The molecule has 3 rings (SSSR count). The summed E-state index contributed by atoms with van der Waals surface area (Å²) in [6.45, 7) is 16.0. The van der Waals surface area contributed by atoms with E-state index in [1.54, 1.807) is 48.5 Å². The van der Waals surface area contributed by atoms with Crippen molar-refractivity contribution in [1.82, 2.24) is 4.90 Å². The van der Waals surface area contributed by atoms with E-state index in [4.69, 9.17) is 28.4 Å². The highest BCUT2D eigenvalue weighted by Gasteiger charge is 2.53. The van der Waals surface area contributed by atoms with Crippen LogP contribution in [0.15, 0.2) is 0 Å². The number of cyclic esters (lactones) is 1. The molecule has 15 heteroatoms. The zero-order valence-corrected chi connectivity index (χ0v) is 32.9. The molecule has 3 aliphatic rings. The highest BCUT2D eigenvalue weighted by molar-refractivity contribution is 5.83. The van der Waals surface area contributed by atoms with E-state index in [0.717, 1.165) is 0 Å². The number of carbonyl (C=O) groups excluding carboxylic acids is 3. The zero-order valence-electron chi connectivity index (χ0n) is 32.9. The smallest absolute Gasteiger partial charge is 0.311 e. The van der Waals surface area contributed by atoms with Crippen molar-refractivity contribution in [2.45, 2.75) is 179 Å². The molecule has 302 valence electrons. The summed E-state index contributed by atoms with van der Waals surface area (Å²) in [6.07, 6.45) is -10.3. The Labute approximate surface area is 308 Å². The van der Waals surface area contributed by atoms with E-state index in [-0.39, 0.29) is 19.3 Å². The van der Waals surface area contributed by atoms with Crippen molar-refractivity contribution >= 4 is 18.2 Å². The maximum absolute atomic E-state index is 14.1. The van der Waals surface area contributed by atoms with Crippen LogP contribution in [-0.4, -0.2) is 147 Å². The minimum atomic E-state index is -2.02. The number of ether oxygens (including phenoxy) is 6. The van der Waals surface area contributed by atoms with Gasteiger partial charge in [-0.3, -0.25) is 14.4 Å². The molecule has 18 atom stereocenters. The van der Waals surface area contributed by atoms with Crippen LogP contribution in [0, 0.1) is 23.7 Å². The lowest BCUT2D eigenvalue weighted by molar-refractivity contribution is -0.317. The van der Waals surface area contributed by atoms with E-state index in [0.29, 0.717) is 12.8 Å². The van der Waals surface area contributed by atoms with Gasteiger partial charge in [0.1, 0.15) is 29.7 Å². The van der Waals surface area contributed by atoms with E-state index in [2.05, 4.69) is 0 Å². The van der Waals surface area contributed by atoms with Gasteiger partial charge in [0.25, 0.3) is 0 Å². The van der Waals surface area contributed by atoms with Gasteiger partial charge in [0.15, 0.2) is 12.6 Å². The van der Waals surface area contributed by atoms with Gasteiger partial charge in [0.2, 0.25) is 6.41 Å². The van der Waals surface area contributed by atoms with E-state index in [1.807, 2.05) is 0 Å². The van der Waals surface area contributed by atoms with Crippen molar-refractivity contribution < 1.29 is 68.3 Å². The van der Waals surface area contributed by atoms with E-state index in [1.165, 1.54) is 39.8 Å². The van der Waals surface area contributed by atoms with Crippen LogP contribution >= 0.6 is 0 Å². The number of carbonyl (C=O) groups is 3. The highest BCUT2D eigenvalue weighted by Crippen LogP contribution is 2.40. The van der Waals surface area contributed by atoms with Crippen molar-refractivity contribution in [3.05, 3.63) is 0 Å². The molecule has 0 saturated carbocycles. The highest BCUT2D eigenvalue weighted by atomic mass is 16.7. The SMILES string of the molecule is CC[C@H]1OC(=O)[C@H](C)[C@@H](OC2CC(C)(OC)C(O)C(C)O2)[C@H](C)[C@@H](OC2OC(C)CC(N(C)C=O)C2O)[C@](C)(O)C[C@@H](C)C(=O)[C@H](C)[C@@H](O)[C@]1(C)O. The molecule has 0 spiro atoms. The minimum Gasteiger partial charge on any atom is -0.459 e. The third kappa shape index (κ3) is 9.35. The monoisotopic (exact) mass is 747 g/mol. The summed E-state index contributed by atoms with van der Waals surface area (Å²) in [5, 5.41) is 57.6. The molecule has 3 aliphatic heterocycles. The molecule has 0 aliphatic carbocycles. The molecule has 8 unspecified atom stereocenters. The minimum absolute atomic E-state index is 0.0610. The molecule has 15 nitrogen and oxygen atoms in total. The molecule has 0 radical (unpaired) electrons. The Balaban J connectivity index is 2.19. The Kier molecular flexibility index (Phi) is 14.9. The van der Waals surface area contributed by atoms with Crippen molar-refractivity contribution in [3.8, 4) is 0 Å². The molecule has 3 heterocycles. The number of aliphatic hydroxyl groups excluding tert-OH is 3. The lowest BCUT2D eigenvalue weighted by Crippen LogP contribution is -2.61. The predicted octanol–water partition coefficient (Wildman–Crippen LogP) is 1.31. The number of Topliss-reactive ketones (excluding diaryl/α,β-unsaturated/α-hetero) is 1. The summed E-state index contributed by atoms with van der Waals surface area (Å²) in [6, 6.07) is -0.678. The number of hydrogen-bond acceptors (Lipinski definition) is 14. The first kappa shape index (κ1) is 44.6. The second-order valence-electron chi connectivity index (χ2n) is 16.3. The Hall–Kier alpha value is -1.79. The molecule has 0 aromatic rings. The maximum atomic E-state index is 14.1. The number of ketones is 1. The molecule has 52 heavy (non-hydrogen) atoms. The van der Waals surface area contributed by atoms with Crippen LogP contribution in [0.1, 0.15) is 94.9 Å². The van der Waals surface area contributed by atoms with Gasteiger partial charge in [-0.05, 0) is 60.8 Å². The van der Waals surface area contributed by atoms with Gasteiger partial charge in [-0.15, -0.1) is 0 Å². The van der Waals surface area contributed by atoms with Crippen molar-refractivity contribution in [3.63, 3.8) is 0 Å². The maximum Gasteiger partial charge on any atom is 0.311 e. The molecule has 0 aromatic carbocycles. The van der Waals surface area contributed by atoms with Crippen LogP contribution in [0.4, 0.5) is 0 Å². The molecular formula is C37H65NO14. The van der Waals surface area contributed by atoms with Crippen molar-refractivity contribution in [2.24, 2.45) is 23.7 Å². The topological polar surface area (TPSA) is 211 Å². The fraction of sp³-hybridized carbons (Fsp3) is 0.919. The number of hydrogen-bond donors (Lipinski definition) is 5. The zero-order chi connectivity index (χ0) is 39.7. The summed E-state index contributed by atoms with van der Waals surface area (Å²) in [7, 11) is 3.00. The summed E-state index contributed by atoms with van der Waals surface area (Å²) in [5.41, 5.74) is -4.96. The Morgan fingerprint density at radius 3 is 2.10 bits per heavy atom. The Morgan fingerprint density at radius 1 is 0.923 bits per heavy atom. The Morgan fingerprint density at radius 2 is 1.54 bits per heavy atom. The molecule has 0 bridgehead atoms. The van der Waals surface area contributed by atoms with Crippen LogP contribution in [-0.2, 0) is 42.8 Å². The van der Waals surface area contributed by atoms with Gasteiger partial charge < -0.3 is 58.9 Å². The predicted molar refractivity (Wildman–Crippen MR) is 186 cm³/mol. The number of methoxy groups -OCH3 is 1. The number of nitrogens with zero attached hydrogens (tertiary/aromatic N) is 1. The first-order valence-corrected chi connectivity index (χ1v) is 18.5. The quantitative estimate of drug-likeness (QED) is 0.175. The third-order valence-electron chi connectivity index (χ3n) is 11.8. The van der Waals surface area contributed by atoms with Gasteiger partial charge in [-0.2, -0.15) is 0 Å². The largest absolute Gasteiger partial charge is 0.459 e. The average molecular weight is 748 g/mol. The van der Waals surface area contributed by atoms with Gasteiger partial charge in [0, 0.05) is 38.3 Å². The van der Waals surface area contributed by atoms with Crippen molar-refractivity contribution in [2.75, 3.05) is 14.2 Å². The summed E-state index contributed by atoms with van der Waals surface area (Å²) in [5.74, 6) is -5.25. The van der Waals surface area contributed by atoms with Crippen LogP contribution in [0.5, 0.6) is 0 Å². The van der Waals surface area contributed by atoms with E-state index >= 15 is 0 Å². The first-order valence-electron chi connectivity index (χ1n) is 18.5. The number of amides is 1. The molecule has 5 N–H and O–H groups in total. The second-order valence-corrected chi connectivity index (χ2v) is 16.3. The number of esters is 1. The molecule has 3 saturated heterocycles. The normalized spacial score (nSPS) is 48.8. The standard InChI is InChI=1S/C37H65NO14/c1-13-25-37(10,46)30(42)20(4)27(40)18(2)15-35(8,45)32(52-34-28(41)24(38(11)17-39)14-19(3)48-34)21(5)29(22(6)33(44)50-25)51-26-16-36(9,47-12)31(43)23(7)49-26/h17-26,28-32,34,41-43,45-46H,13-16H2,1-12H3/t18-,19?,20+,21+,22-,23?,24?,25-,26?,28?,29+,30-,31?,32-,34?,35-,36?,37-/m1/s1. The summed E-state index contributed by atoms with van der Waals surface area (Å²) in [4.78, 5) is 40.9. The second kappa shape index (κ2) is 17.3. The number of likely N-dealkylation sites (N-methyl/N-ethyl adjacent to an activating group) is 1. The fourth-order valence-electron chi connectivity index (χ4n) is 8.38. The third-order valence-corrected chi connectivity index (χ3v) is 11.8. The molecule has 0 aromatic heterocycles. The number of rotatable bonds is 8. The van der Waals surface area contributed by atoms with Crippen LogP contribution in [0.25, 0.3) is 0 Å². The molecule has 3 fully saturated rings. The summed E-state index contributed by atoms with van der Waals surface area (Å²) < 4.78 is 36.8. The molecular weight excluding hydrogens is 682 g/mol. The first-order chi connectivity index (χ1) is 24.0. The number of aliphatic hydroxyl groups is 5. The lowest BCUT2D eigenvalue weighted by atomic mass is 9.74. The Bertz CT molecular complexity index is 1220. The van der Waals surface area contributed by atoms with Crippen molar-refractivity contribution in [1.29, 1.82) is 0 Å². The van der Waals surface area contributed by atoms with Crippen LogP contribution in [0.3, 0.4) is 0 Å².